The maximum Gasteiger partial charge on any atom is 0.220 e. The summed E-state index contributed by atoms with van der Waals surface area (Å²) in [5.74, 6) is -0.257. The van der Waals surface area contributed by atoms with Crippen LogP contribution in [-0.2, 0) is 23.7 Å². The zero-order valence-electron chi connectivity index (χ0n) is 53.5. The van der Waals surface area contributed by atoms with Crippen LogP contribution in [0.5, 0.6) is 0 Å². The second-order valence-corrected chi connectivity index (χ2v) is 23.6. The monoisotopic (exact) mass is 1210 g/mol. The lowest BCUT2D eigenvalue weighted by Gasteiger charge is -2.46. The van der Waals surface area contributed by atoms with Gasteiger partial charge in [0.25, 0.3) is 0 Å². The molecule has 2 aliphatic rings. The average Bonchev–Trinajstić information content (AvgIpc) is 2.54. The number of amides is 1. The highest BCUT2D eigenvalue weighted by Crippen LogP contribution is 2.30. The second-order valence-electron chi connectivity index (χ2n) is 23.6. The topological polar surface area (TPSA) is 228 Å². The molecule has 2 heterocycles. The van der Waals surface area contributed by atoms with Crippen molar-refractivity contribution in [1.82, 2.24) is 5.32 Å². The molecule has 0 saturated carbocycles. The van der Waals surface area contributed by atoms with Crippen molar-refractivity contribution in [2.75, 3.05) is 19.8 Å². The summed E-state index contributed by atoms with van der Waals surface area (Å²) < 4.78 is 22.8. The van der Waals surface area contributed by atoms with Crippen LogP contribution in [-0.4, -0.2) is 140 Å². The quantitative estimate of drug-likeness (QED) is 0.0204. The third kappa shape index (κ3) is 39.6. The number of hydrogen-bond donors (Lipinski definition) is 9. The van der Waals surface area contributed by atoms with Crippen LogP contribution < -0.4 is 5.32 Å². The van der Waals surface area contributed by atoms with E-state index in [1.54, 1.807) is 6.08 Å². The van der Waals surface area contributed by atoms with Crippen molar-refractivity contribution in [2.45, 2.75) is 319 Å². The predicted octanol–water partition coefficient (Wildman–Crippen LogP) is 13.6. The number of ether oxygens (including phenoxy) is 4. The van der Waals surface area contributed by atoms with Crippen molar-refractivity contribution in [1.29, 1.82) is 0 Å². The molecule has 86 heavy (non-hydrogen) atoms. The van der Waals surface area contributed by atoms with Crippen molar-refractivity contribution in [2.24, 2.45) is 0 Å². The molecule has 0 bridgehead atoms. The molecule has 0 aromatic rings. The molecule has 2 fully saturated rings. The normalized spacial score (nSPS) is 24.1. The minimum absolute atomic E-state index is 0.257. The number of nitrogens with one attached hydrogen (secondary N) is 1. The molecule has 0 radical (unpaired) electrons. The summed E-state index contributed by atoms with van der Waals surface area (Å²) >= 11 is 0. The Morgan fingerprint density at radius 1 is 0.430 bits per heavy atom. The number of hydrogen-bond acceptors (Lipinski definition) is 13. The molecule has 12 atom stereocenters. The van der Waals surface area contributed by atoms with Crippen LogP contribution in [0.1, 0.15) is 245 Å². The minimum atomic E-state index is -1.80. The van der Waals surface area contributed by atoms with E-state index in [4.69, 9.17) is 18.9 Å². The van der Waals surface area contributed by atoms with Gasteiger partial charge < -0.3 is 65.1 Å². The van der Waals surface area contributed by atoms with Crippen molar-refractivity contribution in [3.63, 3.8) is 0 Å². The van der Waals surface area contributed by atoms with E-state index in [-0.39, 0.29) is 18.9 Å². The van der Waals surface area contributed by atoms with Gasteiger partial charge in [0.05, 0.1) is 32.0 Å². The SMILES string of the molecule is CC/C=C\C/C=C\C/C=C\C/C=C\C/C=C\C/C=C\C/C=C\C/C=C\CCCCCCCCC(=O)NC(COC1OC(CO)C(OC2OC(CO)C(O)C(O)C2O)C(O)C1O)C(O)/C=C/CCCCCCCCCCCCCCCCCCCCC. The molecule has 1 amide bonds. The molecule has 2 rings (SSSR count). The smallest absolute Gasteiger partial charge is 0.220 e. The van der Waals surface area contributed by atoms with Crippen molar-refractivity contribution in [3.05, 3.63) is 109 Å². The fourth-order valence-corrected chi connectivity index (χ4v) is 10.5. The Morgan fingerprint density at radius 2 is 0.802 bits per heavy atom. The van der Waals surface area contributed by atoms with Gasteiger partial charge in [-0.05, 0) is 83.5 Å². The summed E-state index contributed by atoms with van der Waals surface area (Å²) in [6.07, 6.45) is 62.6. The van der Waals surface area contributed by atoms with E-state index >= 15 is 0 Å². The van der Waals surface area contributed by atoms with Crippen LogP contribution in [0.2, 0.25) is 0 Å². The van der Waals surface area contributed by atoms with Gasteiger partial charge in [0.15, 0.2) is 12.6 Å². The van der Waals surface area contributed by atoms with Crippen LogP contribution >= 0.6 is 0 Å². The van der Waals surface area contributed by atoms with Crippen LogP contribution in [0.3, 0.4) is 0 Å². The molecule has 0 aromatic carbocycles. The molecule has 14 heteroatoms. The highest BCUT2D eigenvalue weighted by Gasteiger charge is 2.51. The van der Waals surface area contributed by atoms with Gasteiger partial charge in [-0.3, -0.25) is 4.79 Å². The largest absolute Gasteiger partial charge is 0.394 e. The fraction of sp³-hybridized carbons (Fsp3) is 0.736. The molecule has 12 unspecified atom stereocenters. The Balaban J connectivity index is 1.72. The molecule has 2 aliphatic heterocycles. The number of carbonyl (C=O) groups is 1. The Bertz CT molecular complexity index is 1860. The third-order valence-electron chi connectivity index (χ3n) is 16.0. The Morgan fingerprint density at radius 3 is 1.23 bits per heavy atom. The summed E-state index contributed by atoms with van der Waals surface area (Å²) in [6, 6.07) is -0.932. The van der Waals surface area contributed by atoms with E-state index in [0.717, 1.165) is 109 Å². The number of aliphatic hydroxyl groups excluding tert-OH is 8. The standard InChI is InChI=1S/C72H123NO13/c1-3-5-7-9-11-13-15-17-19-21-23-25-26-27-28-29-30-31-32-33-34-36-38-40-42-44-46-48-50-52-54-56-64(77)73-60(61(76)55-53-51-49-47-45-43-41-39-37-35-24-22-20-18-16-14-12-10-8-6-4-2)59-83-71-69(82)67(80)70(63(58-75)85-71)86-72-68(81)66(79)65(78)62(57-74)84-72/h5,7,11,13,17,19,23,25,27-28,30-31,33-34,38,40,53,55,60-63,65-72,74-76,78-82H,3-4,6,8-10,12,14-16,18,20-22,24,26,29,32,35-37,39,41-52,54,56-59H2,1-2H3,(H,73,77)/b7-5-,13-11-,19-17-,25-23-,28-27-,31-30-,34-33-,40-38-,55-53+. The summed E-state index contributed by atoms with van der Waals surface area (Å²) in [6.45, 7) is 2.68. The average molecular weight is 1210 g/mol. The van der Waals surface area contributed by atoms with Crippen molar-refractivity contribution < 1.29 is 64.6 Å². The van der Waals surface area contributed by atoms with Gasteiger partial charge >= 0.3 is 0 Å². The van der Waals surface area contributed by atoms with Crippen LogP contribution in [0.4, 0.5) is 0 Å². The van der Waals surface area contributed by atoms with Gasteiger partial charge in [-0.25, -0.2) is 0 Å². The second kappa shape index (κ2) is 55.7. The lowest BCUT2D eigenvalue weighted by atomic mass is 9.97. The lowest BCUT2D eigenvalue weighted by Crippen LogP contribution is -2.65. The summed E-state index contributed by atoms with van der Waals surface area (Å²) in [5, 5.41) is 87.4. The molecule has 9 N–H and O–H groups in total. The van der Waals surface area contributed by atoms with E-state index in [9.17, 15) is 45.6 Å². The molecule has 14 nitrogen and oxygen atoms in total. The maximum atomic E-state index is 13.3. The Labute approximate surface area is 521 Å². The molecular formula is C72H123NO13. The minimum Gasteiger partial charge on any atom is -0.394 e. The predicted molar refractivity (Wildman–Crippen MR) is 350 cm³/mol. The Hall–Kier alpha value is -3.35. The van der Waals surface area contributed by atoms with Crippen LogP contribution in [0.25, 0.3) is 0 Å². The molecule has 494 valence electrons. The Kier molecular flexibility index (Phi) is 51.0. The first-order valence-electron chi connectivity index (χ1n) is 34.1. The molecule has 0 aliphatic carbocycles. The van der Waals surface area contributed by atoms with Gasteiger partial charge in [0.1, 0.15) is 48.8 Å². The first-order chi connectivity index (χ1) is 42.1. The number of carbonyl (C=O) groups excluding carboxylic acids is 1. The molecular weight excluding hydrogens is 1090 g/mol. The molecule has 2 saturated heterocycles. The van der Waals surface area contributed by atoms with Gasteiger partial charge in [-0.2, -0.15) is 0 Å². The zero-order valence-corrected chi connectivity index (χ0v) is 53.5. The highest BCUT2D eigenvalue weighted by molar-refractivity contribution is 5.76. The number of rotatable bonds is 54. The lowest BCUT2D eigenvalue weighted by molar-refractivity contribution is -0.359. The van der Waals surface area contributed by atoms with Gasteiger partial charge in [-0.15, -0.1) is 0 Å². The summed E-state index contributed by atoms with van der Waals surface area (Å²) in [5.41, 5.74) is 0. The highest BCUT2D eigenvalue weighted by atomic mass is 16.7. The zero-order chi connectivity index (χ0) is 62.3. The summed E-state index contributed by atoms with van der Waals surface area (Å²) in [4.78, 5) is 13.3. The van der Waals surface area contributed by atoms with Gasteiger partial charge in [0.2, 0.25) is 5.91 Å². The van der Waals surface area contributed by atoms with E-state index < -0.39 is 86.8 Å². The number of aliphatic hydroxyl groups is 8. The van der Waals surface area contributed by atoms with Crippen LogP contribution in [0, 0.1) is 0 Å². The van der Waals surface area contributed by atoms with Gasteiger partial charge in [-0.1, -0.05) is 264 Å². The third-order valence-corrected chi connectivity index (χ3v) is 16.0. The number of unbranched alkanes of at least 4 members (excludes halogenated alkanes) is 25. The van der Waals surface area contributed by atoms with Crippen molar-refractivity contribution in [3.8, 4) is 0 Å². The van der Waals surface area contributed by atoms with Gasteiger partial charge in [0, 0.05) is 6.42 Å². The van der Waals surface area contributed by atoms with Crippen molar-refractivity contribution >= 4 is 5.91 Å². The first kappa shape index (κ1) is 78.7. The van der Waals surface area contributed by atoms with E-state index in [2.05, 4.69) is 116 Å². The number of allylic oxidation sites excluding steroid dienone is 17. The fourth-order valence-electron chi connectivity index (χ4n) is 10.5. The van der Waals surface area contributed by atoms with E-state index in [1.165, 1.54) is 109 Å². The molecule has 0 aromatic heterocycles. The maximum absolute atomic E-state index is 13.3. The van der Waals surface area contributed by atoms with E-state index in [1.807, 2.05) is 6.08 Å². The van der Waals surface area contributed by atoms with E-state index in [0.29, 0.717) is 6.42 Å². The first-order valence-corrected chi connectivity index (χ1v) is 34.1. The summed E-state index contributed by atoms with van der Waals surface area (Å²) in [7, 11) is 0. The van der Waals surface area contributed by atoms with Crippen LogP contribution in [0.15, 0.2) is 109 Å². The molecule has 0 spiro atoms.